The number of benzene rings is 1. The monoisotopic (exact) mass is 313 g/mol. The van der Waals surface area contributed by atoms with Gasteiger partial charge in [0.05, 0.1) is 10.0 Å². The standard InChI is InChI=1S/C11H9Cl2N5O2/c12-7-2-1-6(5-8(7)13)15-11(19)17-10-14-4-3-9(16-10)18-20/h1-5,20H,(H3,14,15,16,17,18,19). The Balaban J connectivity index is 2.03. The van der Waals surface area contributed by atoms with Gasteiger partial charge in [-0.2, -0.15) is 4.98 Å². The molecule has 2 amide bonds. The highest BCUT2D eigenvalue weighted by Gasteiger charge is 2.06. The van der Waals surface area contributed by atoms with Crippen LogP contribution in [0.3, 0.4) is 0 Å². The van der Waals surface area contributed by atoms with E-state index in [1.54, 1.807) is 12.1 Å². The third kappa shape index (κ3) is 3.70. The van der Waals surface area contributed by atoms with Crippen LogP contribution >= 0.6 is 23.2 Å². The van der Waals surface area contributed by atoms with E-state index in [1.165, 1.54) is 18.3 Å². The lowest BCUT2D eigenvalue weighted by Crippen LogP contribution is -2.21. The number of carbonyl (C=O) groups excluding carboxylic acids is 1. The highest BCUT2D eigenvalue weighted by Crippen LogP contribution is 2.25. The van der Waals surface area contributed by atoms with Gasteiger partial charge >= 0.3 is 6.03 Å². The summed E-state index contributed by atoms with van der Waals surface area (Å²) in [5.41, 5.74) is 2.32. The van der Waals surface area contributed by atoms with Crippen LogP contribution in [-0.4, -0.2) is 21.2 Å². The van der Waals surface area contributed by atoms with Crippen LogP contribution in [0.2, 0.25) is 10.0 Å². The number of nitrogens with one attached hydrogen (secondary N) is 3. The van der Waals surface area contributed by atoms with E-state index in [2.05, 4.69) is 20.6 Å². The van der Waals surface area contributed by atoms with Crippen LogP contribution in [0, 0.1) is 0 Å². The Kier molecular flexibility index (Phi) is 4.57. The molecule has 7 nitrogen and oxygen atoms in total. The minimum Gasteiger partial charge on any atom is -0.308 e. The number of carbonyl (C=O) groups is 1. The van der Waals surface area contributed by atoms with Crippen molar-refractivity contribution in [3.8, 4) is 0 Å². The molecule has 1 heterocycles. The molecule has 20 heavy (non-hydrogen) atoms. The largest absolute Gasteiger partial charge is 0.326 e. The van der Waals surface area contributed by atoms with Crippen molar-refractivity contribution in [2.45, 2.75) is 0 Å². The predicted molar refractivity (Wildman–Crippen MR) is 76.5 cm³/mol. The van der Waals surface area contributed by atoms with Gasteiger partial charge in [-0.05, 0) is 18.2 Å². The summed E-state index contributed by atoms with van der Waals surface area (Å²) in [5.74, 6) is 0.187. The van der Waals surface area contributed by atoms with Crippen LogP contribution in [0.1, 0.15) is 0 Å². The number of halogens is 2. The summed E-state index contributed by atoms with van der Waals surface area (Å²) in [7, 11) is 0. The molecule has 0 saturated heterocycles. The van der Waals surface area contributed by atoms with E-state index < -0.39 is 6.03 Å². The van der Waals surface area contributed by atoms with Crippen LogP contribution in [-0.2, 0) is 0 Å². The minimum atomic E-state index is -0.557. The lowest BCUT2D eigenvalue weighted by Gasteiger charge is -2.07. The highest BCUT2D eigenvalue weighted by molar-refractivity contribution is 6.42. The molecule has 0 radical (unpaired) electrons. The molecule has 0 bridgehead atoms. The lowest BCUT2D eigenvalue weighted by atomic mass is 10.3. The van der Waals surface area contributed by atoms with Gasteiger partial charge in [-0.1, -0.05) is 23.2 Å². The zero-order valence-corrected chi connectivity index (χ0v) is 11.4. The number of aromatic nitrogens is 2. The van der Waals surface area contributed by atoms with Crippen molar-refractivity contribution in [2.24, 2.45) is 0 Å². The Morgan fingerprint density at radius 3 is 2.65 bits per heavy atom. The molecule has 0 unspecified atom stereocenters. The molecule has 0 atom stereocenters. The fourth-order valence-corrected chi connectivity index (χ4v) is 1.62. The third-order valence-corrected chi connectivity index (χ3v) is 2.91. The first kappa shape index (κ1) is 14.3. The maximum Gasteiger partial charge on any atom is 0.326 e. The molecule has 0 aliphatic heterocycles. The molecule has 2 rings (SSSR count). The average molecular weight is 314 g/mol. The first-order chi connectivity index (χ1) is 9.58. The molecule has 104 valence electrons. The average Bonchev–Trinajstić information content (AvgIpc) is 2.43. The molecule has 0 fully saturated rings. The smallest absolute Gasteiger partial charge is 0.308 e. The fourth-order valence-electron chi connectivity index (χ4n) is 1.32. The molecule has 1 aromatic heterocycles. The molecule has 0 spiro atoms. The van der Waals surface area contributed by atoms with Gasteiger partial charge in [0.15, 0.2) is 5.82 Å². The van der Waals surface area contributed by atoms with Gasteiger partial charge < -0.3 is 5.32 Å². The quantitative estimate of drug-likeness (QED) is 0.652. The number of nitrogens with zero attached hydrogens (tertiary/aromatic N) is 2. The number of amides is 2. The first-order valence-corrected chi connectivity index (χ1v) is 6.10. The summed E-state index contributed by atoms with van der Waals surface area (Å²) >= 11 is 11.6. The van der Waals surface area contributed by atoms with Gasteiger partial charge in [0.25, 0.3) is 0 Å². The summed E-state index contributed by atoms with van der Waals surface area (Å²) in [6.45, 7) is 0. The van der Waals surface area contributed by atoms with Gasteiger partial charge in [-0.3, -0.25) is 16.0 Å². The number of hydrogen-bond donors (Lipinski definition) is 4. The highest BCUT2D eigenvalue weighted by atomic mass is 35.5. The van der Waals surface area contributed by atoms with E-state index in [-0.39, 0.29) is 11.8 Å². The number of urea groups is 1. The summed E-state index contributed by atoms with van der Waals surface area (Å²) in [5, 5.41) is 14.3. The zero-order chi connectivity index (χ0) is 14.5. The minimum absolute atomic E-state index is 0.0293. The van der Waals surface area contributed by atoms with Crippen LogP contribution in [0.25, 0.3) is 0 Å². The van der Waals surface area contributed by atoms with Crippen molar-refractivity contribution in [2.75, 3.05) is 16.1 Å². The number of rotatable bonds is 3. The Morgan fingerprint density at radius 2 is 1.95 bits per heavy atom. The topological polar surface area (TPSA) is 99.2 Å². The van der Waals surface area contributed by atoms with Crippen LogP contribution in [0.15, 0.2) is 30.5 Å². The second kappa shape index (κ2) is 6.38. The summed E-state index contributed by atoms with van der Waals surface area (Å²) < 4.78 is 0. The van der Waals surface area contributed by atoms with Crippen molar-refractivity contribution in [1.29, 1.82) is 0 Å². The first-order valence-electron chi connectivity index (χ1n) is 5.34. The normalized spacial score (nSPS) is 9.95. The van der Waals surface area contributed by atoms with Crippen LogP contribution in [0.5, 0.6) is 0 Å². The van der Waals surface area contributed by atoms with Crippen molar-refractivity contribution in [3.63, 3.8) is 0 Å². The van der Waals surface area contributed by atoms with Gasteiger partial charge in [0.2, 0.25) is 5.95 Å². The molecule has 1 aromatic carbocycles. The van der Waals surface area contributed by atoms with E-state index >= 15 is 0 Å². The van der Waals surface area contributed by atoms with Crippen molar-refractivity contribution in [3.05, 3.63) is 40.5 Å². The molecule has 0 aliphatic rings. The molecule has 9 heteroatoms. The van der Waals surface area contributed by atoms with Gasteiger partial charge in [0.1, 0.15) is 0 Å². The molecular formula is C11H9Cl2N5O2. The predicted octanol–water partition coefficient (Wildman–Crippen LogP) is 3.23. The summed E-state index contributed by atoms with van der Waals surface area (Å²) in [4.78, 5) is 19.3. The molecule has 0 saturated carbocycles. The van der Waals surface area contributed by atoms with Crippen molar-refractivity contribution in [1.82, 2.24) is 9.97 Å². The van der Waals surface area contributed by atoms with E-state index in [1.807, 2.05) is 5.48 Å². The van der Waals surface area contributed by atoms with Crippen LogP contribution < -0.4 is 16.1 Å². The number of hydrogen-bond acceptors (Lipinski definition) is 5. The SMILES string of the molecule is O=C(Nc1ccc(Cl)c(Cl)c1)Nc1nccc(NO)n1. The number of anilines is 3. The maximum atomic E-state index is 11.7. The van der Waals surface area contributed by atoms with Gasteiger partial charge in [0, 0.05) is 18.0 Å². The van der Waals surface area contributed by atoms with Gasteiger partial charge in [-0.25, -0.2) is 9.78 Å². The second-order valence-electron chi connectivity index (χ2n) is 3.59. The van der Waals surface area contributed by atoms with Crippen molar-refractivity contribution < 1.29 is 10.0 Å². The Bertz CT molecular complexity index is 638. The van der Waals surface area contributed by atoms with E-state index in [9.17, 15) is 4.79 Å². The second-order valence-corrected chi connectivity index (χ2v) is 4.40. The third-order valence-electron chi connectivity index (χ3n) is 2.17. The van der Waals surface area contributed by atoms with E-state index in [4.69, 9.17) is 28.4 Å². The molecule has 4 N–H and O–H groups in total. The van der Waals surface area contributed by atoms with Crippen molar-refractivity contribution >= 4 is 46.7 Å². The van der Waals surface area contributed by atoms with Crippen LogP contribution in [0.4, 0.5) is 22.2 Å². The molecule has 0 aliphatic carbocycles. The Morgan fingerprint density at radius 1 is 1.15 bits per heavy atom. The lowest BCUT2D eigenvalue weighted by molar-refractivity contribution is 0.262. The fraction of sp³-hybridized carbons (Fsp3) is 0. The Hall–Kier alpha value is -2.09. The molecular weight excluding hydrogens is 305 g/mol. The molecule has 2 aromatic rings. The van der Waals surface area contributed by atoms with E-state index in [0.29, 0.717) is 15.7 Å². The maximum absolute atomic E-state index is 11.7. The summed E-state index contributed by atoms with van der Waals surface area (Å²) in [6, 6.07) is 5.54. The summed E-state index contributed by atoms with van der Waals surface area (Å²) in [6.07, 6.45) is 1.38. The van der Waals surface area contributed by atoms with Gasteiger partial charge in [-0.15, -0.1) is 0 Å². The van der Waals surface area contributed by atoms with E-state index in [0.717, 1.165) is 0 Å². The Labute approximate surface area is 123 Å². The zero-order valence-electron chi connectivity index (χ0n) is 9.89.